The molecule has 0 bridgehead atoms. The Morgan fingerprint density at radius 2 is 1.80 bits per heavy atom. The molecule has 5 nitrogen and oxygen atoms in total. The number of thioether (sulfide) groups is 1. The molecule has 1 unspecified atom stereocenters. The fraction of sp³-hybridized carbons (Fsp3) is 0.240. The molecule has 2 aromatic heterocycles. The Balaban J connectivity index is 1.44. The van der Waals surface area contributed by atoms with Crippen LogP contribution < -0.4 is 4.74 Å². The van der Waals surface area contributed by atoms with Crippen molar-refractivity contribution in [2.75, 3.05) is 6.61 Å². The Kier molecular flexibility index (Phi) is 7.61. The molecule has 4 rings (SSSR count). The van der Waals surface area contributed by atoms with Crippen molar-refractivity contribution in [3.8, 4) is 16.3 Å². The Bertz CT molecular complexity index is 1310. The summed E-state index contributed by atoms with van der Waals surface area (Å²) in [7, 11) is 0. The fourth-order valence-electron chi connectivity index (χ4n) is 3.21. The lowest BCUT2D eigenvalue weighted by Crippen LogP contribution is -2.25. The summed E-state index contributed by atoms with van der Waals surface area (Å²) in [4.78, 5) is 22.5. The lowest BCUT2D eigenvalue weighted by Gasteiger charge is -2.13. The third kappa shape index (κ3) is 6.12. The van der Waals surface area contributed by atoms with Crippen molar-refractivity contribution < 1.29 is 27.4 Å². The molecule has 0 aliphatic heterocycles. The van der Waals surface area contributed by atoms with Crippen molar-refractivity contribution in [1.82, 2.24) is 9.97 Å². The van der Waals surface area contributed by atoms with Crippen LogP contribution in [0.2, 0.25) is 0 Å². The highest BCUT2D eigenvalue weighted by Crippen LogP contribution is 2.35. The van der Waals surface area contributed by atoms with Gasteiger partial charge in [-0.05, 0) is 61.9 Å². The van der Waals surface area contributed by atoms with Crippen LogP contribution in [0.1, 0.15) is 25.0 Å². The maximum absolute atomic E-state index is 12.9. The Morgan fingerprint density at radius 3 is 2.46 bits per heavy atom. The molecule has 10 heteroatoms. The number of alkyl halides is 3. The predicted octanol–water partition coefficient (Wildman–Crippen LogP) is 7.00. The summed E-state index contributed by atoms with van der Waals surface area (Å²) in [6.07, 6.45) is -3.36. The quantitative estimate of drug-likeness (QED) is 0.185. The van der Waals surface area contributed by atoms with Crippen molar-refractivity contribution >= 4 is 39.4 Å². The number of carbonyl (C=O) groups is 1. The highest BCUT2D eigenvalue weighted by atomic mass is 32.2. The van der Waals surface area contributed by atoms with Gasteiger partial charge in [-0.15, -0.1) is 11.8 Å². The fourth-order valence-corrected chi connectivity index (χ4v) is 5.06. The molecule has 2 heterocycles. The Hall–Kier alpha value is -3.11. The van der Waals surface area contributed by atoms with Gasteiger partial charge >= 0.3 is 12.1 Å². The number of rotatable bonds is 8. The van der Waals surface area contributed by atoms with Gasteiger partial charge in [0, 0.05) is 22.4 Å². The Morgan fingerprint density at radius 1 is 1.09 bits per heavy atom. The van der Waals surface area contributed by atoms with Crippen molar-refractivity contribution in [1.29, 1.82) is 0 Å². The highest BCUT2D eigenvalue weighted by molar-refractivity contribution is 7.98. The van der Waals surface area contributed by atoms with Gasteiger partial charge < -0.3 is 9.47 Å². The average Bonchev–Trinajstić information content (AvgIpc) is 3.28. The molecular weight excluding hydrogens is 497 g/mol. The minimum atomic E-state index is -4.37. The van der Waals surface area contributed by atoms with Gasteiger partial charge in [-0.3, -0.25) is 0 Å². The van der Waals surface area contributed by atoms with E-state index >= 15 is 0 Å². The number of hydrogen-bond donors (Lipinski definition) is 0. The summed E-state index contributed by atoms with van der Waals surface area (Å²) in [6, 6.07) is 14.3. The second-order valence-corrected chi connectivity index (χ2v) is 9.52. The van der Waals surface area contributed by atoms with Crippen LogP contribution >= 0.6 is 23.1 Å². The zero-order chi connectivity index (χ0) is 25.0. The van der Waals surface area contributed by atoms with Gasteiger partial charge in [0.25, 0.3) is 0 Å². The van der Waals surface area contributed by atoms with Crippen LogP contribution in [0.5, 0.6) is 5.75 Å². The number of fused-ring (bicyclic) bond motifs is 1. The topological polar surface area (TPSA) is 61.3 Å². The molecule has 35 heavy (non-hydrogen) atoms. The third-order valence-corrected chi connectivity index (χ3v) is 7.06. The van der Waals surface area contributed by atoms with Gasteiger partial charge in [-0.1, -0.05) is 23.5 Å². The first-order chi connectivity index (χ1) is 16.7. The monoisotopic (exact) mass is 518 g/mol. The molecule has 0 aliphatic carbocycles. The maximum Gasteiger partial charge on any atom is 0.416 e. The number of pyridine rings is 1. The number of esters is 1. The number of hydrogen-bond acceptors (Lipinski definition) is 7. The van der Waals surface area contributed by atoms with Crippen LogP contribution in [0.25, 0.3) is 20.9 Å². The molecule has 0 amide bonds. The molecule has 1 atom stereocenters. The lowest BCUT2D eigenvalue weighted by molar-refractivity contribution is -0.150. The second kappa shape index (κ2) is 10.7. The maximum atomic E-state index is 12.9. The number of aromatic nitrogens is 2. The predicted molar refractivity (Wildman–Crippen MR) is 131 cm³/mol. The molecule has 0 N–H and O–H groups in total. The van der Waals surface area contributed by atoms with E-state index < -0.39 is 23.8 Å². The van der Waals surface area contributed by atoms with E-state index in [0.29, 0.717) is 28.7 Å². The molecule has 0 fully saturated rings. The van der Waals surface area contributed by atoms with E-state index in [-0.39, 0.29) is 0 Å². The van der Waals surface area contributed by atoms with Gasteiger partial charge in [-0.2, -0.15) is 13.2 Å². The van der Waals surface area contributed by atoms with Gasteiger partial charge in [-0.25, -0.2) is 14.8 Å². The summed E-state index contributed by atoms with van der Waals surface area (Å²) in [5, 5.41) is 0.621. The van der Waals surface area contributed by atoms with Crippen LogP contribution in [-0.4, -0.2) is 28.6 Å². The van der Waals surface area contributed by atoms with Gasteiger partial charge in [0.15, 0.2) is 6.10 Å². The molecule has 0 saturated heterocycles. The van der Waals surface area contributed by atoms with E-state index in [1.807, 2.05) is 18.2 Å². The first kappa shape index (κ1) is 25.0. The minimum Gasteiger partial charge on any atom is -0.479 e. The van der Waals surface area contributed by atoms with Crippen LogP contribution in [0.15, 0.2) is 65.7 Å². The van der Waals surface area contributed by atoms with Crippen molar-refractivity contribution in [2.45, 2.75) is 36.8 Å². The molecule has 0 spiro atoms. The minimum absolute atomic E-state index is 0.301. The highest BCUT2D eigenvalue weighted by Gasteiger charge is 2.30. The van der Waals surface area contributed by atoms with E-state index in [0.717, 1.165) is 32.9 Å². The molecule has 182 valence electrons. The third-order valence-electron chi connectivity index (χ3n) is 4.99. The van der Waals surface area contributed by atoms with E-state index in [1.54, 1.807) is 43.9 Å². The van der Waals surface area contributed by atoms with E-state index in [2.05, 4.69) is 9.97 Å². The van der Waals surface area contributed by atoms with Crippen LogP contribution in [0.3, 0.4) is 0 Å². The number of thiazole rings is 1. The first-order valence-corrected chi connectivity index (χ1v) is 12.5. The summed E-state index contributed by atoms with van der Waals surface area (Å²) in [5.74, 6) is 0.794. The van der Waals surface area contributed by atoms with Crippen molar-refractivity contribution in [3.05, 3.63) is 71.9 Å². The van der Waals surface area contributed by atoms with Crippen LogP contribution in [-0.2, 0) is 21.5 Å². The first-order valence-electron chi connectivity index (χ1n) is 10.7. The second-order valence-electron chi connectivity index (χ2n) is 7.49. The van der Waals surface area contributed by atoms with Gasteiger partial charge in [0.1, 0.15) is 21.1 Å². The van der Waals surface area contributed by atoms with E-state index in [1.165, 1.54) is 23.5 Å². The SMILES string of the molecule is CCOC(=O)C(C)Oc1ccc(SCc2ccnc3sc(-c4ccc(C(F)(F)F)cc4)nc23)cc1. The van der Waals surface area contributed by atoms with Crippen LogP contribution in [0, 0.1) is 0 Å². The molecule has 0 radical (unpaired) electrons. The van der Waals surface area contributed by atoms with Crippen molar-refractivity contribution in [3.63, 3.8) is 0 Å². The summed E-state index contributed by atoms with van der Waals surface area (Å²) in [5.41, 5.74) is 1.64. The zero-order valence-corrected chi connectivity index (χ0v) is 20.5. The standard InChI is InChI=1S/C25H21F3N2O3S2/c1-3-32-24(31)15(2)33-19-8-10-20(11-9-19)34-14-17-12-13-29-23-21(17)30-22(35-23)16-4-6-18(7-5-16)25(26,27)28/h4-13,15H,3,14H2,1-2H3. The number of ether oxygens (including phenoxy) is 2. The Labute approximate surface area is 208 Å². The van der Waals surface area contributed by atoms with Crippen LogP contribution in [0.4, 0.5) is 13.2 Å². The van der Waals surface area contributed by atoms with Crippen molar-refractivity contribution in [2.24, 2.45) is 0 Å². The normalized spacial score (nSPS) is 12.5. The van der Waals surface area contributed by atoms with E-state index in [4.69, 9.17) is 9.47 Å². The molecule has 0 aliphatic rings. The van der Waals surface area contributed by atoms with Gasteiger partial charge in [0.05, 0.1) is 12.2 Å². The largest absolute Gasteiger partial charge is 0.479 e. The number of nitrogens with zero attached hydrogens (tertiary/aromatic N) is 2. The average molecular weight is 519 g/mol. The molecular formula is C25H21F3N2O3S2. The summed E-state index contributed by atoms with van der Waals surface area (Å²) < 4.78 is 49.1. The smallest absolute Gasteiger partial charge is 0.416 e. The number of benzene rings is 2. The molecule has 0 saturated carbocycles. The molecule has 2 aromatic carbocycles. The zero-order valence-electron chi connectivity index (χ0n) is 18.8. The van der Waals surface area contributed by atoms with E-state index in [9.17, 15) is 18.0 Å². The summed E-state index contributed by atoms with van der Waals surface area (Å²) in [6.45, 7) is 3.69. The number of carbonyl (C=O) groups excluding carboxylic acids is 1. The molecule has 4 aromatic rings. The number of halogens is 3. The summed E-state index contributed by atoms with van der Waals surface area (Å²) >= 11 is 2.95. The lowest BCUT2D eigenvalue weighted by atomic mass is 10.1. The van der Waals surface area contributed by atoms with Gasteiger partial charge in [0.2, 0.25) is 0 Å².